The minimum atomic E-state index is -1.22. The van der Waals surface area contributed by atoms with E-state index in [0.29, 0.717) is 20.9 Å². The number of carbonyl (C=O) groups is 1. The van der Waals surface area contributed by atoms with Crippen LogP contribution in [0.25, 0.3) is 0 Å². The van der Waals surface area contributed by atoms with E-state index in [1.165, 1.54) is 30.5 Å². The van der Waals surface area contributed by atoms with Crippen molar-refractivity contribution in [3.63, 3.8) is 0 Å². The Morgan fingerprint density at radius 3 is 2.03 bits per heavy atom. The van der Waals surface area contributed by atoms with Crippen LogP contribution in [-0.2, 0) is 15.8 Å². The van der Waals surface area contributed by atoms with Crippen molar-refractivity contribution in [1.29, 1.82) is 0 Å². The van der Waals surface area contributed by atoms with Gasteiger partial charge >= 0.3 is 0 Å². The number of nitrogens with zero attached hydrogens (tertiary/aromatic N) is 1. The van der Waals surface area contributed by atoms with Gasteiger partial charge in [0.2, 0.25) is 0 Å². The van der Waals surface area contributed by atoms with Crippen molar-refractivity contribution in [3.05, 3.63) is 80.8 Å². The molecule has 0 bridgehead atoms. The molecule has 2 rings (SSSR count). The molecule has 9 heteroatoms. The fourth-order valence-corrected chi connectivity index (χ4v) is 4.29. The lowest BCUT2D eigenvalue weighted by Crippen LogP contribution is -2.35. The number of aliphatic imine (C=N–C) groups is 1. The third-order valence-electron chi connectivity index (χ3n) is 4.35. The van der Waals surface area contributed by atoms with Gasteiger partial charge in [-0.3, -0.25) is 4.79 Å². The van der Waals surface area contributed by atoms with Gasteiger partial charge in [0.05, 0.1) is 15.7 Å². The van der Waals surface area contributed by atoms with Gasteiger partial charge in [-0.05, 0) is 74.7 Å². The third-order valence-corrected chi connectivity index (χ3v) is 6.88. The second-order valence-electron chi connectivity index (χ2n) is 9.79. The van der Waals surface area contributed by atoms with Gasteiger partial charge in [-0.15, -0.1) is 6.58 Å². The molecule has 0 unspecified atom stereocenters. The summed E-state index contributed by atoms with van der Waals surface area (Å²) in [6.07, 6.45) is 3.69. The Bertz CT molecular complexity index is 1050. The number of benzene rings is 2. The van der Waals surface area contributed by atoms with E-state index in [4.69, 9.17) is 0 Å². The predicted molar refractivity (Wildman–Crippen MR) is 149 cm³/mol. The molecule has 0 aliphatic rings. The molecule has 0 aliphatic heterocycles. The van der Waals surface area contributed by atoms with E-state index in [-0.39, 0.29) is 28.3 Å². The molecule has 1 amide bonds. The van der Waals surface area contributed by atoms with Crippen LogP contribution in [0.3, 0.4) is 0 Å². The maximum atomic E-state index is 13.4. The molecule has 0 heterocycles. The van der Waals surface area contributed by atoms with Gasteiger partial charge in [-0.25, -0.2) is 22.7 Å². The summed E-state index contributed by atoms with van der Waals surface area (Å²) in [7, 11) is -1.22. The highest BCUT2D eigenvalue weighted by atomic mass is 79.9. The standard InChI is InChI=1S/C14H19BrFNOS.C12H13BrFNO/c1-5-6-13(17-19(18)14(2,3)4)10-7-11(15)9-12(16)8-10;1-12(2,3)11(16)15-7-8-4-9(13)6-10(14)5-8/h5,7-9,13,17H,1,6H2,2-4H3;4-7H,1-3H3/t13-,19+;/m0./s1. The van der Waals surface area contributed by atoms with Crippen LogP contribution in [0.15, 0.2) is 63.0 Å². The molecule has 0 aromatic heterocycles. The first-order valence-electron chi connectivity index (χ1n) is 10.8. The number of halogens is 4. The fraction of sp³-hybridized carbons (Fsp3) is 0.385. The molecule has 35 heavy (non-hydrogen) atoms. The van der Waals surface area contributed by atoms with Crippen LogP contribution in [0.2, 0.25) is 0 Å². The average Bonchev–Trinajstić information content (AvgIpc) is 2.69. The van der Waals surface area contributed by atoms with Crippen LogP contribution in [0.4, 0.5) is 8.78 Å². The molecule has 4 nitrogen and oxygen atoms in total. The summed E-state index contributed by atoms with van der Waals surface area (Å²) in [6, 6.07) is 8.82. The zero-order chi connectivity index (χ0) is 27.0. The van der Waals surface area contributed by atoms with Crippen molar-refractivity contribution in [2.75, 3.05) is 0 Å². The number of nitrogens with one attached hydrogen (secondary N) is 1. The fourth-order valence-electron chi connectivity index (χ4n) is 2.48. The van der Waals surface area contributed by atoms with Gasteiger partial charge in [-0.2, -0.15) is 0 Å². The van der Waals surface area contributed by atoms with Gasteiger partial charge in [-0.1, -0.05) is 58.7 Å². The molecule has 2 atom stereocenters. The Morgan fingerprint density at radius 2 is 1.57 bits per heavy atom. The third kappa shape index (κ3) is 11.8. The maximum absolute atomic E-state index is 13.4. The lowest BCUT2D eigenvalue weighted by molar-refractivity contribution is -0.124. The van der Waals surface area contributed by atoms with Crippen LogP contribution in [-0.4, -0.2) is 21.1 Å². The zero-order valence-corrected chi connectivity index (χ0v) is 24.8. The summed E-state index contributed by atoms with van der Waals surface area (Å²) in [5, 5.41) is 0. The lowest BCUT2D eigenvalue weighted by atomic mass is 9.96. The zero-order valence-electron chi connectivity index (χ0n) is 20.8. The van der Waals surface area contributed by atoms with Gasteiger partial charge in [0.1, 0.15) is 11.6 Å². The molecule has 0 radical (unpaired) electrons. The van der Waals surface area contributed by atoms with E-state index in [1.807, 2.05) is 26.8 Å². The van der Waals surface area contributed by atoms with Crippen molar-refractivity contribution in [2.24, 2.45) is 10.4 Å². The molecule has 1 N–H and O–H groups in total. The molecule has 0 fully saturated rings. The Morgan fingerprint density at radius 1 is 1.03 bits per heavy atom. The molecule has 2 aromatic rings. The Kier molecular flexibility index (Phi) is 12.3. The lowest BCUT2D eigenvalue weighted by Gasteiger charge is -2.24. The van der Waals surface area contributed by atoms with Gasteiger partial charge in [0.15, 0.2) is 0 Å². The quantitative estimate of drug-likeness (QED) is 0.260. The van der Waals surface area contributed by atoms with Crippen molar-refractivity contribution in [1.82, 2.24) is 4.72 Å². The average molecular weight is 634 g/mol. The van der Waals surface area contributed by atoms with E-state index < -0.39 is 16.4 Å². The van der Waals surface area contributed by atoms with Crippen LogP contribution in [0.5, 0.6) is 0 Å². The van der Waals surface area contributed by atoms with Crippen LogP contribution < -0.4 is 4.72 Å². The van der Waals surface area contributed by atoms with Gasteiger partial charge in [0.25, 0.3) is 5.91 Å². The number of hydrogen-bond acceptors (Lipinski definition) is 2. The van der Waals surface area contributed by atoms with E-state index in [1.54, 1.807) is 32.9 Å². The highest BCUT2D eigenvalue weighted by Gasteiger charge is 2.23. The topological polar surface area (TPSA) is 58.5 Å². The molecule has 0 spiro atoms. The van der Waals surface area contributed by atoms with E-state index in [0.717, 1.165) is 5.56 Å². The SMILES string of the molecule is C=CC[C@H](N[S@](=O)C(C)(C)C)c1cc(F)cc(Br)c1.CC(C)(C)C(=O)N=Cc1cc(F)cc(Br)c1. The number of hydrogen-bond donors (Lipinski definition) is 1. The number of amides is 1. The van der Waals surface area contributed by atoms with E-state index in [2.05, 4.69) is 48.2 Å². The summed E-state index contributed by atoms with van der Waals surface area (Å²) < 4.78 is 42.6. The first-order chi connectivity index (χ1) is 16.0. The highest BCUT2D eigenvalue weighted by molar-refractivity contribution is 9.10. The predicted octanol–water partition coefficient (Wildman–Crippen LogP) is 7.84. The maximum Gasteiger partial charge on any atom is 0.251 e. The minimum absolute atomic E-state index is 0.218. The molecule has 0 aliphatic carbocycles. The van der Waals surface area contributed by atoms with Gasteiger partial charge < -0.3 is 0 Å². The summed E-state index contributed by atoms with van der Waals surface area (Å²) in [6.45, 7) is 14.7. The summed E-state index contributed by atoms with van der Waals surface area (Å²) >= 11 is 6.44. The smallest absolute Gasteiger partial charge is 0.251 e. The Balaban J connectivity index is 0.000000355. The second-order valence-corrected chi connectivity index (χ2v) is 13.6. The summed E-state index contributed by atoms with van der Waals surface area (Å²) in [4.78, 5) is 15.3. The van der Waals surface area contributed by atoms with Crippen molar-refractivity contribution in [2.45, 2.75) is 58.8 Å². The van der Waals surface area contributed by atoms with E-state index >= 15 is 0 Å². The summed E-state index contributed by atoms with van der Waals surface area (Å²) in [5.74, 6) is -0.909. The number of rotatable bonds is 6. The van der Waals surface area contributed by atoms with Crippen molar-refractivity contribution in [3.8, 4) is 0 Å². The molecule has 192 valence electrons. The number of carbonyl (C=O) groups excluding carboxylic acids is 1. The molecule has 0 saturated carbocycles. The Hall–Kier alpha value is -1.55. The van der Waals surface area contributed by atoms with Crippen LogP contribution in [0.1, 0.15) is 65.1 Å². The molecular formula is C26H32Br2F2N2O2S. The largest absolute Gasteiger partial charge is 0.272 e. The molecule has 2 aromatic carbocycles. The van der Waals surface area contributed by atoms with Gasteiger partial charge in [0, 0.05) is 26.6 Å². The minimum Gasteiger partial charge on any atom is -0.272 e. The van der Waals surface area contributed by atoms with Crippen molar-refractivity contribution >= 4 is 55.0 Å². The first-order valence-corrected chi connectivity index (χ1v) is 13.6. The normalized spacial score (nSPS) is 13.7. The first kappa shape index (κ1) is 31.5. The molecular weight excluding hydrogens is 602 g/mol. The molecule has 0 saturated heterocycles. The van der Waals surface area contributed by atoms with Crippen LogP contribution >= 0.6 is 31.9 Å². The second kappa shape index (κ2) is 13.7. The van der Waals surface area contributed by atoms with Crippen LogP contribution in [0, 0.1) is 17.0 Å². The van der Waals surface area contributed by atoms with E-state index in [9.17, 15) is 17.8 Å². The Labute approximate surface area is 226 Å². The monoisotopic (exact) mass is 632 g/mol. The van der Waals surface area contributed by atoms with Crippen molar-refractivity contribution < 1.29 is 17.8 Å². The highest BCUT2D eigenvalue weighted by Crippen LogP contribution is 2.25. The summed E-state index contributed by atoms with van der Waals surface area (Å²) in [5.41, 5.74) is 0.801.